The summed E-state index contributed by atoms with van der Waals surface area (Å²) in [6, 6.07) is 9.78. The van der Waals surface area contributed by atoms with E-state index in [1.807, 2.05) is 24.3 Å². The number of aryl methyl sites for hydroxylation is 1. The van der Waals surface area contributed by atoms with Crippen molar-refractivity contribution in [2.24, 2.45) is 17.3 Å². The van der Waals surface area contributed by atoms with Crippen molar-refractivity contribution in [1.29, 1.82) is 0 Å². The first-order valence-corrected chi connectivity index (χ1v) is 11.9. The van der Waals surface area contributed by atoms with Gasteiger partial charge in [0.15, 0.2) is 11.5 Å². The molecule has 2 fully saturated rings. The average Bonchev–Trinajstić information content (AvgIpc) is 3.08. The van der Waals surface area contributed by atoms with Crippen molar-refractivity contribution in [2.75, 3.05) is 21.3 Å². The second kappa shape index (κ2) is 8.28. The van der Waals surface area contributed by atoms with E-state index in [9.17, 15) is 10.2 Å². The van der Waals surface area contributed by atoms with Crippen LogP contribution < -0.4 is 14.2 Å². The van der Waals surface area contributed by atoms with Crippen molar-refractivity contribution in [3.8, 4) is 23.0 Å². The van der Waals surface area contributed by atoms with Crippen LogP contribution in [0, 0.1) is 17.3 Å². The molecule has 33 heavy (non-hydrogen) atoms. The summed E-state index contributed by atoms with van der Waals surface area (Å²) in [4.78, 5) is 0. The van der Waals surface area contributed by atoms with E-state index in [4.69, 9.17) is 14.2 Å². The molecule has 0 saturated heterocycles. The molecule has 2 aromatic carbocycles. The second-order valence-electron chi connectivity index (χ2n) is 10.1. The normalized spacial score (nSPS) is 31.5. The minimum atomic E-state index is -0.455. The van der Waals surface area contributed by atoms with Gasteiger partial charge in [0.2, 0.25) is 5.75 Å². The third kappa shape index (κ3) is 3.48. The largest absolute Gasteiger partial charge is 0.508 e. The molecule has 0 unspecified atom stereocenters. The van der Waals surface area contributed by atoms with Crippen LogP contribution in [0.1, 0.15) is 55.2 Å². The van der Waals surface area contributed by atoms with Gasteiger partial charge in [0.05, 0.1) is 27.4 Å². The predicted octanol–water partition coefficient (Wildman–Crippen LogP) is 5.33. The fourth-order valence-electron chi connectivity index (χ4n) is 6.97. The Kier molecular flexibility index (Phi) is 5.56. The van der Waals surface area contributed by atoms with Crippen LogP contribution in [0.3, 0.4) is 0 Å². The van der Waals surface area contributed by atoms with Gasteiger partial charge in [-0.3, -0.25) is 0 Å². The SMILES string of the molecule is COc1cc(/C=C2\C[C@H]3[C@@H]4CCc5cc(O)ccc5[C@H]4CC[C@]3(C)[C@H]2O)cc(OC)c1OC. The van der Waals surface area contributed by atoms with Crippen LogP contribution in [0.25, 0.3) is 6.08 Å². The van der Waals surface area contributed by atoms with Gasteiger partial charge in [-0.2, -0.15) is 0 Å². The molecule has 2 N–H and O–H groups in total. The van der Waals surface area contributed by atoms with E-state index in [0.29, 0.717) is 40.8 Å². The molecule has 5 atom stereocenters. The van der Waals surface area contributed by atoms with E-state index in [1.165, 1.54) is 11.1 Å². The summed E-state index contributed by atoms with van der Waals surface area (Å²) in [6.07, 6.45) is 6.77. The Morgan fingerprint density at radius 1 is 1.00 bits per heavy atom. The lowest BCUT2D eigenvalue weighted by Gasteiger charge is -2.49. The molecule has 3 aliphatic rings. The first-order chi connectivity index (χ1) is 15.9. The smallest absolute Gasteiger partial charge is 0.203 e. The maximum absolute atomic E-state index is 11.5. The number of rotatable bonds is 4. The van der Waals surface area contributed by atoms with Crippen molar-refractivity contribution < 1.29 is 24.4 Å². The molecule has 0 bridgehead atoms. The molecule has 2 saturated carbocycles. The van der Waals surface area contributed by atoms with Crippen molar-refractivity contribution in [3.05, 3.63) is 52.6 Å². The maximum atomic E-state index is 11.5. The zero-order chi connectivity index (χ0) is 23.3. The van der Waals surface area contributed by atoms with E-state index in [2.05, 4.69) is 19.1 Å². The summed E-state index contributed by atoms with van der Waals surface area (Å²) in [6.45, 7) is 2.28. The lowest BCUT2D eigenvalue weighted by molar-refractivity contribution is -0.0158. The van der Waals surface area contributed by atoms with E-state index < -0.39 is 6.10 Å². The lowest BCUT2D eigenvalue weighted by Crippen LogP contribution is -2.44. The molecular weight excluding hydrogens is 416 g/mol. The van der Waals surface area contributed by atoms with Gasteiger partial charge in [0, 0.05) is 5.41 Å². The number of hydrogen-bond acceptors (Lipinski definition) is 5. The first kappa shape index (κ1) is 22.1. The van der Waals surface area contributed by atoms with Crippen LogP contribution in [-0.4, -0.2) is 37.6 Å². The summed E-state index contributed by atoms with van der Waals surface area (Å²) >= 11 is 0. The van der Waals surface area contributed by atoms with Crippen molar-refractivity contribution >= 4 is 6.08 Å². The highest BCUT2D eigenvalue weighted by Crippen LogP contribution is 2.62. The molecule has 2 aromatic rings. The lowest BCUT2D eigenvalue weighted by atomic mass is 9.55. The highest BCUT2D eigenvalue weighted by Gasteiger charge is 2.56. The Bertz CT molecular complexity index is 1060. The maximum Gasteiger partial charge on any atom is 0.203 e. The number of hydrogen-bond donors (Lipinski definition) is 2. The second-order valence-corrected chi connectivity index (χ2v) is 10.1. The van der Waals surface area contributed by atoms with E-state index in [0.717, 1.165) is 43.2 Å². The summed E-state index contributed by atoms with van der Waals surface area (Å²) in [7, 11) is 4.84. The first-order valence-electron chi connectivity index (χ1n) is 11.9. The average molecular weight is 451 g/mol. The van der Waals surface area contributed by atoms with Gasteiger partial charge in [-0.1, -0.05) is 19.1 Å². The minimum absolute atomic E-state index is 0.109. The molecule has 176 valence electrons. The molecule has 5 nitrogen and oxygen atoms in total. The van der Waals surface area contributed by atoms with E-state index in [1.54, 1.807) is 21.3 Å². The van der Waals surface area contributed by atoms with Gasteiger partial charge < -0.3 is 24.4 Å². The summed E-state index contributed by atoms with van der Waals surface area (Å²) < 4.78 is 16.5. The quantitative estimate of drug-likeness (QED) is 0.659. The van der Waals surface area contributed by atoms with Gasteiger partial charge >= 0.3 is 0 Å². The Balaban J connectivity index is 1.48. The Labute approximate surface area is 196 Å². The van der Waals surface area contributed by atoms with Crippen LogP contribution in [0.4, 0.5) is 0 Å². The van der Waals surface area contributed by atoms with Crippen LogP contribution in [0.2, 0.25) is 0 Å². The van der Waals surface area contributed by atoms with Crippen LogP contribution >= 0.6 is 0 Å². The molecular formula is C28H34O5. The van der Waals surface area contributed by atoms with E-state index >= 15 is 0 Å². The number of benzene rings is 2. The highest BCUT2D eigenvalue weighted by atomic mass is 16.5. The third-order valence-corrected chi connectivity index (χ3v) is 8.62. The van der Waals surface area contributed by atoms with Crippen molar-refractivity contribution in [1.82, 2.24) is 0 Å². The topological polar surface area (TPSA) is 68.2 Å². The van der Waals surface area contributed by atoms with Crippen molar-refractivity contribution in [3.63, 3.8) is 0 Å². The number of methoxy groups -OCH3 is 3. The van der Waals surface area contributed by atoms with E-state index in [-0.39, 0.29) is 5.41 Å². The minimum Gasteiger partial charge on any atom is -0.508 e. The van der Waals surface area contributed by atoms with Crippen LogP contribution in [0.15, 0.2) is 35.9 Å². The highest BCUT2D eigenvalue weighted by molar-refractivity contribution is 5.64. The van der Waals surface area contributed by atoms with Crippen molar-refractivity contribution in [2.45, 2.75) is 51.0 Å². The molecule has 0 heterocycles. The molecule has 0 aliphatic heterocycles. The van der Waals surface area contributed by atoms with Crippen LogP contribution in [0.5, 0.6) is 23.0 Å². The molecule has 3 aliphatic carbocycles. The molecule has 5 heteroatoms. The predicted molar refractivity (Wildman–Crippen MR) is 128 cm³/mol. The number of ether oxygens (including phenoxy) is 3. The summed E-state index contributed by atoms with van der Waals surface area (Å²) in [5, 5.41) is 21.4. The number of aliphatic hydroxyl groups excluding tert-OH is 1. The summed E-state index contributed by atoms with van der Waals surface area (Å²) in [5.74, 6) is 3.69. The monoisotopic (exact) mass is 450 g/mol. The Morgan fingerprint density at radius 3 is 2.39 bits per heavy atom. The number of phenols is 1. The molecule has 0 spiro atoms. The number of aliphatic hydroxyl groups is 1. The van der Waals surface area contributed by atoms with Gasteiger partial charge in [-0.05, 0) is 96.4 Å². The fourth-order valence-corrected chi connectivity index (χ4v) is 6.97. The van der Waals surface area contributed by atoms with Gasteiger partial charge in [-0.25, -0.2) is 0 Å². The van der Waals surface area contributed by atoms with Gasteiger partial charge in [-0.15, -0.1) is 0 Å². The van der Waals surface area contributed by atoms with Gasteiger partial charge in [0.25, 0.3) is 0 Å². The Morgan fingerprint density at radius 2 is 1.73 bits per heavy atom. The molecule has 0 amide bonds. The molecule has 0 aromatic heterocycles. The third-order valence-electron chi connectivity index (χ3n) is 8.62. The number of phenolic OH excluding ortho intramolecular Hbond substituents is 1. The summed E-state index contributed by atoms with van der Waals surface area (Å²) in [5.41, 5.74) is 4.63. The Hall–Kier alpha value is -2.66. The molecule has 0 radical (unpaired) electrons. The van der Waals surface area contributed by atoms with Gasteiger partial charge in [0.1, 0.15) is 5.75 Å². The standard InChI is InChI=1S/C28H34O5/c1-28-10-9-21-20-8-6-19(29)14-17(20)5-7-22(21)23(28)15-18(27(28)30)11-16-12-24(31-2)26(33-4)25(13-16)32-3/h6,8,11-14,21-23,27,29-30H,5,7,9-10,15H2,1-4H3/b18-11+/t21-,22-,23+,27+,28+/m1/s1. The fraction of sp³-hybridized carbons (Fsp3) is 0.500. The number of aromatic hydroxyl groups is 1. The molecule has 5 rings (SSSR count). The van der Waals surface area contributed by atoms with Crippen LogP contribution in [-0.2, 0) is 6.42 Å². The zero-order valence-electron chi connectivity index (χ0n) is 19.9. The number of fused-ring (bicyclic) bond motifs is 5. The zero-order valence-corrected chi connectivity index (χ0v) is 19.9.